The van der Waals surface area contributed by atoms with Gasteiger partial charge in [-0.3, -0.25) is 0 Å². The summed E-state index contributed by atoms with van der Waals surface area (Å²) in [6.45, 7) is 4.68. The average Bonchev–Trinajstić information content (AvgIpc) is 3.52. The summed E-state index contributed by atoms with van der Waals surface area (Å²) in [7, 11) is 0. The second-order valence-electron chi connectivity index (χ2n) is 11.2. The Hall–Kier alpha value is -3.06. The summed E-state index contributed by atoms with van der Waals surface area (Å²) in [5.41, 5.74) is 9.49. The van der Waals surface area contributed by atoms with Gasteiger partial charge in [0.1, 0.15) is 0 Å². The molecule has 2 bridgehead atoms. The first-order valence-electron chi connectivity index (χ1n) is 12.6. The van der Waals surface area contributed by atoms with Gasteiger partial charge in [-0.1, -0.05) is 74.9 Å². The SMILES string of the molecule is CC1(C)c2ccccc2-c2ccc(Nc3ccc4cc(C5CC6CCC5C6)ccc4c3)cc21. The second kappa shape index (κ2) is 6.97. The molecule has 0 saturated heterocycles. The van der Waals surface area contributed by atoms with Gasteiger partial charge in [0, 0.05) is 16.8 Å². The lowest BCUT2D eigenvalue weighted by atomic mass is 9.82. The fraction of sp³-hybridized carbons (Fsp3) is 0.312. The minimum atomic E-state index is 0.0308. The van der Waals surface area contributed by atoms with Gasteiger partial charge in [-0.2, -0.15) is 0 Å². The lowest BCUT2D eigenvalue weighted by molar-refractivity contribution is 0.420. The van der Waals surface area contributed by atoms with E-state index in [9.17, 15) is 0 Å². The molecule has 3 aliphatic rings. The molecule has 3 unspecified atom stereocenters. The first-order chi connectivity index (χ1) is 16.1. The quantitative estimate of drug-likeness (QED) is 0.343. The summed E-state index contributed by atoms with van der Waals surface area (Å²) in [6.07, 6.45) is 5.79. The molecule has 33 heavy (non-hydrogen) atoms. The lowest BCUT2D eigenvalue weighted by Crippen LogP contribution is -2.15. The number of hydrogen-bond donors (Lipinski definition) is 1. The van der Waals surface area contributed by atoms with E-state index < -0.39 is 0 Å². The van der Waals surface area contributed by atoms with E-state index in [1.807, 2.05) is 0 Å². The summed E-state index contributed by atoms with van der Waals surface area (Å²) in [4.78, 5) is 0. The highest BCUT2D eigenvalue weighted by atomic mass is 14.9. The van der Waals surface area contributed by atoms with Crippen LogP contribution in [-0.4, -0.2) is 0 Å². The number of anilines is 2. The monoisotopic (exact) mass is 429 g/mol. The Morgan fingerprint density at radius 1 is 0.697 bits per heavy atom. The van der Waals surface area contributed by atoms with E-state index in [1.54, 1.807) is 5.56 Å². The average molecular weight is 430 g/mol. The Kier molecular flexibility index (Phi) is 4.10. The largest absolute Gasteiger partial charge is 0.355 e. The van der Waals surface area contributed by atoms with Crippen LogP contribution in [0.2, 0.25) is 0 Å². The molecule has 0 amide bonds. The van der Waals surface area contributed by atoms with Crippen molar-refractivity contribution in [1.29, 1.82) is 0 Å². The molecule has 0 aliphatic heterocycles. The Morgan fingerprint density at radius 3 is 2.30 bits per heavy atom. The molecule has 0 heterocycles. The maximum Gasteiger partial charge on any atom is 0.0390 e. The van der Waals surface area contributed by atoms with Crippen LogP contribution in [-0.2, 0) is 5.41 Å². The van der Waals surface area contributed by atoms with Crippen molar-refractivity contribution in [2.75, 3.05) is 5.32 Å². The van der Waals surface area contributed by atoms with Gasteiger partial charge in [0.2, 0.25) is 0 Å². The molecule has 2 saturated carbocycles. The van der Waals surface area contributed by atoms with Crippen LogP contribution in [0.25, 0.3) is 21.9 Å². The van der Waals surface area contributed by atoms with Gasteiger partial charge >= 0.3 is 0 Å². The number of hydrogen-bond acceptors (Lipinski definition) is 1. The van der Waals surface area contributed by atoms with Crippen molar-refractivity contribution < 1.29 is 0 Å². The molecule has 1 nitrogen and oxygen atoms in total. The first-order valence-corrected chi connectivity index (χ1v) is 12.6. The standard InChI is InChI=1S/C32H31N/c1-32(2)30-6-4-3-5-27(30)28-14-13-26(19-31(28)32)33-25-12-11-21-17-24(10-9-22(21)18-25)29-16-20-7-8-23(29)15-20/h3-6,9-14,17-20,23,29,33H,7-8,15-16H2,1-2H3. The van der Waals surface area contributed by atoms with Crippen molar-refractivity contribution in [3.63, 3.8) is 0 Å². The van der Waals surface area contributed by atoms with Gasteiger partial charge in [0.25, 0.3) is 0 Å². The predicted molar refractivity (Wildman–Crippen MR) is 139 cm³/mol. The number of rotatable bonds is 3. The summed E-state index contributed by atoms with van der Waals surface area (Å²) in [6, 6.07) is 29.7. The lowest BCUT2D eigenvalue weighted by Gasteiger charge is -2.22. The van der Waals surface area contributed by atoms with Crippen LogP contribution < -0.4 is 5.32 Å². The van der Waals surface area contributed by atoms with Crippen LogP contribution in [0.1, 0.15) is 62.1 Å². The predicted octanol–water partition coefficient (Wildman–Crippen LogP) is 8.79. The number of fused-ring (bicyclic) bond motifs is 6. The minimum absolute atomic E-state index is 0.0308. The molecule has 1 N–H and O–H groups in total. The van der Waals surface area contributed by atoms with Crippen LogP contribution >= 0.6 is 0 Å². The zero-order valence-corrected chi connectivity index (χ0v) is 19.6. The van der Waals surface area contributed by atoms with E-state index in [2.05, 4.69) is 98.0 Å². The number of nitrogens with one attached hydrogen (secondary N) is 1. The van der Waals surface area contributed by atoms with E-state index in [-0.39, 0.29) is 5.41 Å². The second-order valence-corrected chi connectivity index (χ2v) is 11.2. The van der Waals surface area contributed by atoms with E-state index in [0.717, 1.165) is 29.1 Å². The van der Waals surface area contributed by atoms with Crippen LogP contribution in [0.5, 0.6) is 0 Å². The zero-order chi connectivity index (χ0) is 22.2. The third kappa shape index (κ3) is 2.98. The van der Waals surface area contributed by atoms with Crippen molar-refractivity contribution in [3.8, 4) is 11.1 Å². The van der Waals surface area contributed by atoms with Crippen molar-refractivity contribution in [1.82, 2.24) is 0 Å². The summed E-state index contributed by atoms with van der Waals surface area (Å²) in [5, 5.41) is 6.37. The Morgan fingerprint density at radius 2 is 1.45 bits per heavy atom. The summed E-state index contributed by atoms with van der Waals surface area (Å²) >= 11 is 0. The van der Waals surface area contributed by atoms with Gasteiger partial charge in [0.15, 0.2) is 0 Å². The Labute approximate surface area is 196 Å². The van der Waals surface area contributed by atoms with Gasteiger partial charge in [-0.25, -0.2) is 0 Å². The highest BCUT2D eigenvalue weighted by molar-refractivity contribution is 5.88. The molecule has 0 aromatic heterocycles. The van der Waals surface area contributed by atoms with Crippen LogP contribution in [0.15, 0.2) is 78.9 Å². The number of benzene rings is 4. The molecule has 164 valence electrons. The smallest absolute Gasteiger partial charge is 0.0390 e. The van der Waals surface area contributed by atoms with E-state index >= 15 is 0 Å². The van der Waals surface area contributed by atoms with Gasteiger partial charge in [-0.05, 0) is 99.9 Å². The molecule has 0 radical (unpaired) electrons. The molecule has 0 spiro atoms. The molecule has 2 fully saturated rings. The summed E-state index contributed by atoms with van der Waals surface area (Å²) in [5.74, 6) is 2.72. The molecule has 4 aromatic carbocycles. The van der Waals surface area contributed by atoms with Crippen LogP contribution in [0.4, 0.5) is 11.4 Å². The van der Waals surface area contributed by atoms with Crippen molar-refractivity contribution in [2.45, 2.75) is 50.9 Å². The molecular formula is C32H31N. The Bertz CT molecular complexity index is 1400. The zero-order valence-electron chi connectivity index (χ0n) is 19.6. The highest BCUT2D eigenvalue weighted by Gasteiger charge is 2.40. The van der Waals surface area contributed by atoms with Crippen molar-refractivity contribution >= 4 is 22.1 Å². The molecule has 7 rings (SSSR count). The topological polar surface area (TPSA) is 12.0 Å². The van der Waals surface area contributed by atoms with Crippen molar-refractivity contribution in [2.24, 2.45) is 11.8 Å². The molecule has 3 atom stereocenters. The maximum absolute atomic E-state index is 3.68. The maximum atomic E-state index is 3.68. The van der Waals surface area contributed by atoms with Crippen LogP contribution in [0, 0.1) is 11.8 Å². The van der Waals surface area contributed by atoms with Gasteiger partial charge < -0.3 is 5.32 Å². The molecule has 1 heteroatoms. The third-order valence-corrected chi connectivity index (χ3v) is 8.90. The molecule has 3 aliphatic carbocycles. The van der Waals surface area contributed by atoms with E-state index in [0.29, 0.717) is 0 Å². The van der Waals surface area contributed by atoms with Gasteiger partial charge in [-0.15, -0.1) is 0 Å². The third-order valence-electron chi connectivity index (χ3n) is 8.90. The van der Waals surface area contributed by atoms with Crippen molar-refractivity contribution in [3.05, 3.63) is 95.6 Å². The van der Waals surface area contributed by atoms with Gasteiger partial charge in [0.05, 0.1) is 0 Å². The highest BCUT2D eigenvalue weighted by Crippen LogP contribution is 2.53. The molecular weight excluding hydrogens is 398 g/mol. The summed E-state index contributed by atoms with van der Waals surface area (Å²) < 4.78 is 0. The normalized spacial score (nSPS) is 24.1. The Balaban J connectivity index is 1.18. The fourth-order valence-corrected chi connectivity index (χ4v) is 7.17. The van der Waals surface area contributed by atoms with E-state index in [4.69, 9.17) is 0 Å². The van der Waals surface area contributed by atoms with Crippen LogP contribution in [0.3, 0.4) is 0 Å². The minimum Gasteiger partial charge on any atom is -0.355 e. The molecule has 4 aromatic rings. The van der Waals surface area contributed by atoms with E-state index in [1.165, 1.54) is 58.7 Å². The fourth-order valence-electron chi connectivity index (χ4n) is 7.17. The first kappa shape index (κ1) is 19.4.